The van der Waals surface area contributed by atoms with Crippen LogP contribution in [0.2, 0.25) is 0 Å². The molecule has 0 fully saturated rings. The van der Waals surface area contributed by atoms with Crippen LogP contribution < -0.4 is 5.32 Å². The predicted octanol–water partition coefficient (Wildman–Crippen LogP) is 1.99. The third-order valence-corrected chi connectivity index (χ3v) is 2.73. The molecular formula is C13H11FN4O. The summed E-state index contributed by atoms with van der Waals surface area (Å²) in [6.07, 6.45) is 1.34. The van der Waals surface area contributed by atoms with Crippen molar-refractivity contribution in [1.29, 1.82) is 5.26 Å². The van der Waals surface area contributed by atoms with Crippen molar-refractivity contribution in [2.75, 3.05) is 5.32 Å². The molecule has 0 saturated heterocycles. The van der Waals surface area contributed by atoms with Gasteiger partial charge in [-0.15, -0.1) is 0 Å². The van der Waals surface area contributed by atoms with Gasteiger partial charge in [0.1, 0.15) is 23.3 Å². The Kier molecular flexibility index (Phi) is 3.29. The molecule has 0 aliphatic heterocycles. The first-order valence-electron chi connectivity index (χ1n) is 5.53. The molecule has 96 valence electrons. The lowest BCUT2D eigenvalue weighted by Crippen LogP contribution is -2.17. The maximum Gasteiger partial charge on any atom is 0.259 e. The monoisotopic (exact) mass is 258 g/mol. The minimum absolute atomic E-state index is 0.0647. The SMILES string of the molecule is Cc1cccc(C(=O)Nc2c(C#N)cnn2C)c1F. The van der Waals surface area contributed by atoms with E-state index in [-0.39, 0.29) is 16.9 Å². The van der Waals surface area contributed by atoms with E-state index in [9.17, 15) is 9.18 Å². The van der Waals surface area contributed by atoms with Crippen LogP contribution in [0.5, 0.6) is 0 Å². The number of amides is 1. The molecule has 0 saturated carbocycles. The van der Waals surface area contributed by atoms with E-state index in [1.165, 1.54) is 16.9 Å². The van der Waals surface area contributed by atoms with Gasteiger partial charge in [-0.1, -0.05) is 12.1 Å². The predicted molar refractivity (Wildman–Crippen MR) is 67.0 cm³/mol. The van der Waals surface area contributed by atoms with Crippen molar-refractivity contribution in [3.05, 3.63) is 46.9 Å². The van der Waals surface area contributed by atoms with E-state index in [0.29, 0.717) is 5.56 Å². The number of nitriles is 1. The minimum atomic E-state index is -0.610. The topological polar surface area (TPSA) is 70.7 Å². The zero-order valence-electron chi connectivity index (χ0n) is 10.4. The number of hydrogen-bond acceptors (Lipinski definition) is 3. The summed E-state index contributed by atoms with van der Waals surface area (Å²) >= 11 is 0. The first-order chi connectivity index (χ1) is 9.04. The molecule has 0 bridgehead atoms. The fraction of sp³-hybridized carbons (Fsp3) is 0.154. The maximum absolute atomic E-state index is 13.8. The molecule has 0 radical (unpaired) electrons. The van der Waals surface area contributed by atoms with Crippen molar-refractivity contribution in [2.24, 2.45) is 7.05 Å². The van der Waals surface area contributed by atoms with Crippen molar-refractivity contribution in [3.8, 4) is 6.07 Å². The van der Waals surface area contributed by atoms with Crippen LogP contribution >= 0.6 is 0 Å². The number of nitrogens with zero attached hydrogens (tertiary/aromatic N) is 3. The molecule has 0 atom stereocenters. The summed E-state index contributed by atoms with van der Waals surface area (Å²) in [4.78, 5) is 12.0. The molecule has 19 heavy (non-hydrogen) atoms. The van der Waals surface area contributed by atoms with Gasteiger partial charge in [0.05, 0.1) is 11.8 Å². The molecule has 0 aliphatic carbocycles. The normalized spacial score (nSPS) is 10.0. The highest BCUT2D eigenvalue weighted by Crippen LogP contribution is 2.17. The second-order valence-electron chi connectivity index (χ2n) is 4.03. The summed E-state index contributed by atoms with van der Waals surface area (Å²) < 4.78 is 15.2. The van der Waals surface area contributed by atoms with Crippen LogP contribution in [0.4, 0.5) is 10.2 Å². The van der Waals surface area contributed by atoms with Crippen molar-refractivity contribution >= 4 is 11.7 Å². The van der Waals surface area contributed by atoms with Gasteiger partial charge in [-0.3, -0.25) is 9.48 Å². The highest BCUT2D eigenvalue weighted by atomic mass is 19.1. The second kappa shape index (κ2) is 4.90. The number of halogens is 1. The Balaban J connectivity index is 2.34. The van der Waals surface area contributed by atoms with Crippen LogP contribution in [0.1, 0.15) is 21.5 Å². The molecule has 1 aromatic heterocycles. The van der Waals surface area contributed by atoms with Crippen LogP contribution in [-0.4, -0.2) is 15.7 Å². The molecule has 1 heterocycles. The highest BCUT2D eigenvalue weighted by Gasteiger charge is 2.16. The van der Waals surface area contributed by atoms with E-state index in [0.717, 1.165) is 0 Å². The summed E-state index contributed by atoms with van der Waals surface area (Å²) in [5, 5.41) is 15.2. The van der Waals surface area contributed by atoms with Gasteiger partial charge >= 0.3 is 0 Å². The van der Waals surface area contributed by atoms with Gasteiger partial charge in [0.25, 0.3) is 5.91 Å². The molecule has 1 aromatic carbocycles. The number of anilines is 1. The summed E-state index contributed by atoms with van der Waals surface area (Å²) in [5.74, 6) is -0.935. The zero-order chi connectivity index (χ0) is 14.0. The standard InChI is InChI=1S/C13H11FN4O/c1-8-4-3-5-10(11(8)14)13(19)17-12-9(6-15)7-16-18(12)2/h3-5,7H,1-2H3,(H,17,19). The van der Waals surface area contributed by atoms with Crippen molar-refractivity contribution < 1.29 is 9.18 Å². The smallest absolute Gasteiger partial charge is 0.259 e. The van der Waals surface area contributed by atoms with Gasteiger partial charge in [-0.2, -0.15) is 10.4 Å². The van der Waals surface area contributed by atoms with Crippen molar-refractivity contribution in [3.63, 3.8) is 0 Å². The molecule has 1 N–H and O–H groups in total. The Morgan fingerprint density at radius 3 is 2.95 bits per heavy atom. The lowest BCUT2D eigenvalue weighted by Gasteiger charge is -2.07. The fourth-order valence-electron chi connectivity index (χ4n) is 1.67. The zero-order valence-corrected chi connectivity index (χ0v) is 10.4. The maximum atomic E-state index is 13.8. The average Bonchev–Trinajstić information content (AvgIpc) is 2.74. The van der Waals surface area contributed by atoms with Crippen LogP contribution in [0.15, 0.2) is 24.4 Å². The van der Waals surface area contributed by atoms with E-state index in [2.05, 4.69) is 10.4 Å². The lowest BCUT2D eigenvalue weighted by molar-refractivity contribution is 0.102. The Labute approximate surface area is 109 Å². The molecule has 0 unspecified atom stereocenters. The summed E-state index contributed by atoms with van der Waals surface area (Å²) in [6.45, 7) is 1.58. The van der Waals surface area contributed by atoms with Crippen LogP contribution in [0.25, 0.3) is 0 Å². The molecular weight excluding hydrogens is 247 g/mol. The molecule has 1 amide bonds. The van der Waals surface area contributed by atoms with Crippen molar-refractivity contribution in [2.45, 2.75) is 6.92 Å². The first kappa shape index (κ1) is 12.8. The third-order valence-electron chi connectivity index (χ3n) is 2.73. The Morgan fingerprint density at radius 1 is 1.53 bits per heavy atom. The third kappa shape index (κ3) is 2.31. The van der Waals surface area contributed by atoms with E-state index in [1.54, 1.807) is 26.1 Å². The van der Waals surface area contributed by atoms with Crippen LogP contribution in [0, 0.1) is 24.1 Å². The Morgan fingerprint density at radius 2 is 2.26 bits per heavy atom. The van der Waals surface area contributed by atoms with Gasteiger partial charge in [-0.05, 0) is 18.6 Å². The van der Waals surface area contributed by atoms with Gasteiger partial charge in [0.15, 0.2) is 0 Å². The number of carbonyl (C=O) groups excluding carboxylic acids is 1. The van der Waals surface area contributed by atoms with Crippen molar-refractivity contribution in [1.82, 2.24) is 9.78 Å². The molecule has 6 heteroatoms. The minimum Gasteiger partial charge on any atom is -0.306 e. The lowest BCUT2D eigenvalue weighted by atomic mass is 10.1. The molecule has 2 rings (SSSR count). The van der Waals surface area contributed by atoms with Gasteiger partial charge < -0.3 is 5.32 Å². The molecule has 2 aromatic rings. The number of aryl methyl sites for hydroxylation is 2. The fourth-order valence-corrected chi connectivity index (χ4v) is 1.67. The Hall–Kier alpha value is -2.68. The molecule has 0 aliphatic rings. The van der Waals surface area contributed by atoms with Gasteiger partial charge in [-0.25, -0.2) is 4.39 Å². The summed E-state index contributed by atoms with van der Waals surface area (Å²) in [7, 11) is 1.59. The highest BCUT2D eigenvalue weighted by molar-refractivity contribution is 6.04. The van der Waals surface area contributed by atoms with Gasteiger partial charge in [0.2, 0.25) is 0 Å². The van der Waals surface area contributed by atoms with Crippen LogP contribution in [0.3, 0.4) is 0 Å². The molecule has 0 spiro atoms. The number of carbonyl (C=O) groups is 1. The number of rotatable bonds is 2. The summed E-state index contributed by atoms with van der Waals surface area (Å²) in [6, 6.07) is 6.48. The summed E-state index contributed by atoms with van der Waals surface area (Å²) in [5.41, 5.74) is 0.548. The average molecular weight is 258 g/mol. The number of benzene rings is 1. The largest absolute Gasteiger partial charge is 0.306 e. The number of nitrogens with one attached hydrogen (secondary N) is 1. The van der Waals surface area contributed by atoms with Gasteiger partial charge in [0, 0.05) is 7.05 Å². The quantitative estimate of drug-likeness (QED) is 0.895. The van der Waals surface area contributed by atoms with E-state index >= 15 is 0 Å². The van der Waals surface area contributed by atoms with Crippen LogP contribution in [-0.2, 0) is 7.05 Å². The van der Waals surface area contributed by atoms with E-state index in [4.69, 9.17) is 5.26 Å². The van der Waals surface area contributed by atoms with E-state index in [1.807, 2.05) is 6.07 Å². The second-order valence-corrected chi connectivity index (χ2v) is 4.03. The number of aromatic nitrogens is 2. The van der Waals surface area contributed by atoms with E-state index < -0.39 is 11.7 Å². The molecule has 5 nitrogen and oxygen atoms in total. The number of hydrogen-bond donors (Lipinski definition) is 1. The first-order valence-corrected chi connectivity index (χ1v) is 5.53. The Bertz CT molecular complexity index is 684.